The van der Waals surface area contributed by atoms with Gasteiger partial charge in [0, 0.05) is 20.2 Å². The zero-order valence-corrected chi connectivity index (χ0v) is 11.7. The Morgan fingerprint density at radius 2 is 2.40 bits per heavy atom. The molecule has 1 amide bonds. The lowest BCUT2D eigenvalue weighted by molar-refractivity contribution is -0.385. The van der Waals surface area contributed by atoms with Gasteiger partial charge in [0.1, 0.15) is 16.9 Å². The molecule has 0 bridgehead atoms. The van der Waals surface area contributed by atoms with Gasteiger partial charge in [-0.25, -0.2) is 4.98 Å². The molecule has 2 rings (SSSR count). The monoisotopic (exact) mass is 299 g/mol. The highest BCUT2D eigenvalue weighted by Crippen LogP contribution is 2.24. The summed E-state index contributed by atoms with van der Waals surface area (Å²) in [6.07, 6.45) is 2.65. The number of nitro groups is 1. The number of methoxy groups -OCH3 is 1. The van der Waals surface area contributed by atoms with Gasteiger partial charge in [0.25, 0.3) is 11.6 Å². The van der Waals surface area contributed by atoms with E-state index in [2.05, 4.69) is 4.98 Å². The molecule has 20 heavy (non-hydrogen) atoms. The fourth-order valence-electron chi connectivity index (χ4n) is 2.22. The summed E-state index contributed by atoms with van der Waals surface area (Å²) in [7, 11) is 1.59. The minimum atomic E-state index is -0.631. The number of carbonyl (C=O) groups is 1. The largest absolute Gasteiger partial charge is 0.380 e. The lowest BCUT2D eigenvalue weighted by Gasteiger charge is -2.31. The number of aromatic nitrogens is 1. The molecular formula is C12H14ClN3O4. The second kappa shape index (κ2) is 6.15. The van der Waals surface area contributed by atoms with Crippen molar-refractivity contribution in [2.24, 2.45) is 0 Å². The van der Waals surface area contributed by atoms with Crippen molar-refractivity contribution in [3.8, 4) is 0 Å². The third-order valence-corrected chi connectivity index (χ3v) is 3.48. The minimum absolute atomic E-state index is 0.0354. The highest BCUT2D eigenvalue weighted by Gasteiger charge is 2.29. The van der Waals surface area contributed by atoms with Gasteiger partial charge >= 0.3 is 0 Å². The Bertz CT molecular complexity index is 537. The Labute approximate surface area is 120 Å². The second-order valence-corrected chi connectivity index (χ2v) is 4.92. The van der Waals surface area contributed by atoms with Crippen LogP contribution in [0.15, 0.2) is 12.3 Å². The van der Waals surface area contributed by atoms with Crippen molar-refractivity contribution in [2.75, 3.05) is 20.2 Å². The maximum atomic E-state index is 12.4. The van der Waals surface area contributed by atoms with Crippen LogP contribution in [0.3, 0.4) is 0 Å². The number of nitrogens with zero attached hydrogens (tertiary/aromatic N) is 3. The van der Waals surface area contributed by atoms with Crippen LogP contribution in [-0.4, -0.2) is 47.0 Å². The summed E-state index contributed by atoms with van der Waals surface area (Å²) in [5.74, 6) is -0.414. The van der Waals surface area contributed by atoms with E-state index in [0.29, 0.717) is 13.1 Å². The summed E-state index contributed by atoms with van der Waals surface area (Å²) < 4.78 is 5.24. The van der Waals surface area contributed by atoms with Gasteiger partial charge in [-0.3, -0.25) is 14.9 Å². The molecule has 1 aromatic heterocycles. The summed E-state index contributed by atoms with van der Waals surface area (Å²) in [4.78, 5) is 28.0. The maximum absolute atomic E-state index is 12.4. The van der Waals surface area contributed by atoms with Crippen LogP contribution in [0, 0.1) is 10.1 Å². The van der Waals surface area contributed by atoms with Gasteiger partial charge in [-0.15, -0.1) is 0 Å². The number of hydrogen-bond donors (Lipinski definition) is 0. The van der Waals surface area contributed by atoms with E-state index >= 15 is 0 Å². The first-order valence-corrected chi connectivity index (χ1v) is 6.52. The molecule has 0 saturated carbocycles. The Balaban J connectivity index is 2.28. The molecule has 1 fully saturated rings. The van der Waals surface area contributed by atoms with E-state index < -0.39 is 10.8 Å². The number of carbonyl (C=O) groups excluding carboxylic acids is 1. The van der Waals surface area contributed by atoms with Crippen molar-refractivity contribution in [1.82, 2.24) is 9.88 Å². The maximum Gasteiger partial charge on any atom is 0.300 e. The average Bonchev–Trinajstić information content (AvgIpc) is 2.46. The molecule has 8 heteroatoms. The molecule has 1 atom stereocenters. The molecule has 1 aliphatic heterocycles. The minimum Gasteiger partial charge on any atom is -0.380 e. The van der Waals surface area contributed by atoms with E-state index in [-0.39, 0.29) is 22.5 Å². The van der Waals surface area contributed by atoms with E-state index in [9.17, 15) is 14.9 Å². The van der Waals surface area contributed by atoms with Gasteiger partial charge in [0.2, 0.25) is 0 Å². The van der Waals surface area contributed by atoms with Gasteiger partial charge in [0.15, 0.2) is 0 Å². The fourth-order valence-corrected chi connectivity index (χ4v) is 2.38. The van der Waals surface area contributed by atoms with Crippen molar-refractivity contribution < 1.29 is 14.5 Å². The zero-order valence-electron chi connectivity index (χ0n) is 10.9. The summed E-state index contributed by atoms with van der Waals surface area (Å²) in [6, 6.07) is 1.23. The molecule has 1 unspecified atom stereocenters. The third-order valence-electron chi connectivity index (χ3n) is 3.28. The smallest absolute Gasteiger partial charge is 0.300 e. The van der Waals surface area contributed by atoms with Crippen LogP contribution in [0.1, 0.15) is 23.2 Å². The SMILES string of the molecule is COC1CCCN(C(=O)c2cc(Cl)ncc2[N+](=O)[O-])C1. The lowest BCUT2D eigenvalue weighted by atomic mass is 10.1. The van der Waals surface area contributed by atoms with Gasteiger partial charge in [-0.2, -0.15) is 0 Å². The van der Waals surface area contributed by atoms with Crippen molar-refractivity contribution in [1.29, 1.82) is 0 Å². The summed E-state index contributed by atoms with van der Waals surface area (Å²) in [5.41, 5.74) is -0.370. The van der Waals surface area contributed by atoms with Crippen molar-refractivity contribution >= 4 is 23.2 Å². The Morgan fingerprint density at radius 3 is 3.05 bits per heavy atom. The van der Waals surface area contributed by atoms with Crippen LogP contribution in [0.25, 0.3) is 0 Å². The molecule has 1 saturated heterocycles. The molecule has 0 radical (unpaired) electrons. The number of halogens is 1. The van der Waals surface area contributed by atoms with E-state index in [1.54, 1.807) is 12.0 Å². The topological polar surface area (TPSA) is 85.6 Å². The highest BCUT2D eigenvalue weighted by molar-refractivity contribution is 6.29. The number of amides is 1. The van der Waals surface area contributed by atoms with Crippen LogP contribution in [-0.2, 0) is 4.74 Å². The molecule has 2 heterocycles. The molecule has 108 valence electrons. The number of rotatable bonds is 3. The Kier molecular flexibility index (Phi) is 4.51. The number of hydrogen-bond acceptors (Lipinski definition) is 5. The molecule has 0 aliphatic carbocycles. The molecule has 7 nitrogen and oxygen atoms in total. The summed E-state index contributed by atoms with van der Waals surface area (Å²) in [6.45, 7) is 0.974. The van der Waals surface area contributed by atoms with Crippen LogP contribution in [0.2, 0.25) is 5.15 Å². The van der Waals surface area contributed by atoms with Crippen LogP contribution < -0.4 is 0 Å². The van der Waals surface area contributed by atoms with E-state index in [4.69, 9.17) is 16.3 Å². The lowest BCUT2D eigenvalue weighted by Crippen LogP contribution is -2.43. The number of ether oxygens (including phenoxy) is 1. The van der Waals surface area contributed by atoms with Crippen LogP contribution in [0.4, 0.5) is 5.69 Å². The third kappa shape index (κ3) is 3.05. The Hall–Kier alpha value is -1.73. The number of piperidine rings is 1. The van der Waals surface area contributed by atoms with Crippen molar-refractivity contribution in [2.45, 2.75) is 18.9 Å². The molecule has 1 aliphatic rings. The average molecular weight is 300 g/mol. The normalized spacial score (nSPS) is 18.9. The number of pyridine rings is 1. The first-order chi connectivity index (χ1) is 9.52. The molecule has 0 spiro atoms. The fraction of sp³-hybridized carbons (Fsp3) is 0.500. The first-order valence-electron chi connectivity index (χ1n) is 6.15. The predicted molar refractivity (Wildman–Crippen MR) is 71.8 cm³/mol. The standard InChI is InChI=1S/C12H14ClN3O4/c1-20-8-3-2-4-15(7-8)12(17)9-5-11(13)14-6-10(9)16(18)19/h5-6,8H,2-4,7H2,1H3. The predicted octanol–water partition coefficient (Wildman–Crippen LogP) is 1.89. The van der Waals surface area contributed by atoms with Crippen LogP contribution >= 0.6 is 11.6 Å². The first kappa shape index (κ1) is 14.7. The van der Waals surface area contributed by atoms with Gasteiger partial charge in [0.05, 0.1) is 11.0 Å². The van der Waals surface area contributed by atoms with E-state index in [0.717, 1.165) is 19.0 Å². The highest BCUT2D eigenvalue weighted by atomic mass is 35.5. The second-order valence-electron chi connectivity index (χ2n) is 4.53. The molecule has 1 aromatic rings. The summed E-state index contributed by atoms with van der Waals surface area (Å²) in [5, 5.41) is 11.0. The van der Waals surface area contributed by atoms with Gasteiger partial charge in [-0.1, -0.05) is 11.6 Å². The summed E-state index contributed by atoms with van der Waals surface area (Å²) >= 11 is 5.73. The molecule has 0 N–H and O–H groups in total. The van der Waals surface area contributed by atoms with E-state index in [1.165, 1.54) is 6.07 Å². The van der Waals surface area contributed by atoms with Crippen molar-refractivity contribution in [3.05, 3.63) is 33.1 Å². The quantitative estimate of drug-likeness (QED) is 0.483. The molecule has 0 aromatic carbocycles. The molecular weight excluding hydrogens is 286 g/mol. The van der Waals surface area contributed by atoms with Crippen LogP contribution in [0.5, 0.6) is 0 Å². The Morgan fingerprint density at radius 1 is 1.65 bits per heavy atom. The number of likely N-dealkylation sites (tertiary alicyclic amines) is 1. The zero-order chi connectivity index (χ0) is 14.7. The van der Waals surface area contributed by atoms with Gasteiger partial charge in [-0.05, 0) is 18.9 Å². The van der Waals surface area contributed by atoms with E-state index in [1.807, 2.05) is 0 Å². The van der Waals surface area contributed by atoms with Crippen molar-refractivity contribution in [3.63, 3.8) is 0 Å². The van der Waals surface area contributed by atoms with Gasteiger partial charge < -0.3 is 9.64 Å².